The maximum absolute atomic E-state index is 10.6. The Morgan fingerprint density at radius 2 is 2.22 bits per heavy atom. The van der Waals surface area contributed by atoms with Crippen LogP contribution < -0.4 is 4.74 Å². The van der Waals surface area contributed by atoms with Crippen molar-refractivity contribution in [3.63, 3.8) is 0 Å². The van der Waals surface area contributed by atoms with E-state index in [9.17, 15) is 4.79 Å². The SMILES string of the molecule is CC(C)n1cc(Oc2ccc(C=O)cc2Br)cn1. The highest BCUT2D eigenvalue weighted by atomic mass is 79.9. The molecular weight excluding hydrogens is 296 g/mol. The molecule has 94 valence electrons. The van der Waals surface area contributed by atoms with Crippen molar-refractivity contribution >= 4 is 22.2 Å². The number of hydrogen-bond donors (Lipinski definition) is 0. The van der Waals surface area contributed by atoms with Crippen molar-refractivity contribution in [1.82, 2.24) is 9.78 Å². The summed E-state index contributed by atoms with van der Waals surface area (Å²) in [6.07, 6.45) is 4.30. The molecule has 18 heavy (non-hydrogen) atoms. The topological polar surface area (TPSA) is 44.1 Å². The summed E-state index contributed by atoms with van der Waals surface area (Å²) in [6, 6.07) is 5.47. The van der Waals surface area contributed by atoms with Crippen molar-refractivity contribution < 1.29 is 9.53 Å². The van der Waals surface area contributed by atoms with Crippen LogP contribution in [0.3, 0.4) is 0 Å². The predicted octanol–water partition coefficient (Wildman–Crippen LogP) is 3.83. The predicted molar refractivity (Wildman–Crippen MR) is 72.2 cm³/mol. The fourth-order valence-electron chi connectivity index (χ4n) is 1.46. The molecule has 0 N–H and O–H groups in total. The van der Waals surface area contributed by atoms with Crippen LogP contribution in [-0.2, 0) is 0 Å². The van der Waals surface area contributed by atoms with Gasteiger partial charge in [0.1, 0.15) is 12.0 Å². The molecule has 4 nitrogen and oxygen atoms in total. The van der Waals surface area contributed by atoms with Crippen LogP contribution in [0.2, 0.25) is 0 Å². The molecule has 0 saturated carbocycles. The van der Waals surface area contributed by atoms with Gasteiger partial charge in [0.25, 0.3) is 0 Å². The van der Waals surface area contributed by atoms with E-state index >= 15 is 0 Å². The second-order valence-corrected chi connectivity index (χ2v) is 5.01. The number of benzene rings is 1. The minimum absolute atomic E-state index is 0.295. The lowest BCUT2D eigenvalue weighted by molar-refractivity contribution is 0.112. The Hall–Kier alpha value is -1.62. The Labute approximate surface area is 114 Å². The third-order valence-corrected chi connectivity index (χ3v) is 3.05. The van der Waals surface area contributed by atoms with Gasteiger partial charge in [0.2, 0.25) is 0 Å². The van der Waals surface area contributed by atoms with Gasteiger partial charge in [0.05, 0.1) is 16.9 Å². The zero-order valence-corrected chi connectivity index (χ0v) is 11.7. The number of rotatable bonds is 4. The lowest BCUT2D eigenvalue weighted by Crippen LogP contribution is -1.99. The number of aldehydes is 1. The molecule has 0 radical (unpaired) electrons. The molecule has 1 heterocycles. The summed E-state index contributed by atoms with van der Waals surface area (Å²) in [5.41, 5.74) is 0.604. The summed E-state index contributed by atoms with van der Waals surface area (Å²) in [6.45, 7) is 4.09. The maximum atomic E-state index is 10.6. The van der Waals surface area contributed by atoms with Crippen LogP contribution in [0.5, 0.6) is 11.5 Å². The van der Waals surface area contributed by atoms with Crippen molar-refractivity contribution in [3.8, 4) is 11.5 Å². The fourth-order valence-corrected chi connectivity index (χ4v) is 1.93. The summed E-state index contributed by atoms with van der Waals surface area (Å²) < 4.78 is 8.26. The molecule has 0 saturated heterocycles. The summed E-state index contributed by atoms with van der Waals surface area (Å²) in [5.74, 6) is 1.33. The van der Waals surface area contributed by atoms with Gasteiger partial charge in [-0.3, -0.25) is 9.48 Å². The minimum atomic E-state index is 0.295. The van der Waals surface area contributed by atoms with Gasteiger partial charge >= 0.3 is 0 Å². The lowest BCUT2D eigenvalue weighted by Gasteiger charge is -2.06. The number of ether oxygens (including phenoxy) is 1. The molecular formula is C13H13BrN2O2. The van der Waals surface area contributed by atoms with E-state index in [-0.39, 0.29) is 0 Å². The lowest BCUT2D eigenvalue weighted by atomic mass is 10.2. The summed E-state index contributed by atoms with van der Waals surface area (Å²) in [4.78, 5) is 10.6. The largest absolute Gasteiger partial charge is 0.453 e. The van der Waals surface area contributed by atoms with Crippen LogP contribution in [-0.4, -0.2) is 16.1 Å². The van der Waals surface area contributed by atoms with E-state index in [1.165, 1.54) is 0 Å². The number of halogens is 1. The van der Waals surface area contributed by atoms with Crippen molar-refractivity contribution in [3.05, 3.63) is 40.6 Å². The molecule has 0 unspecified atom stereocenters. The number of nitrogens with zero attached hydrogens (tertiary/aromatic N) is 2. The third kappa shape index (κ3) is 2.79. The Kier molecular flexibility index (Phi) is 3.81. The first kappa shape index (κ1) is 12.8. The highest BCUT2D eigenvalue weighted by molar-refractivity contribution is 9.10. The maximum Gasteiger partial charge on any atom is 0.165 e. The first-order valence-electron chi connectivity index (χ1n) is 5.57. The fraction of sp³-hybridized carbons (Fsp3) is 0.231. The molecule has 0 aliphatic carbocycles. The van der Waals surface area contributed by atoms with Crippen LogP contribution in [0, 0.1) is 0 Å². The van der Waals surface area contributed by atoms with Gasteiger partial charge < -0.3 is 4.74 Å². The molecule has 1 aromatic heterocycles. The van der Waals surface area contributed by atoms with Crippen LogP contribution in [0.1, 0.15) is 30.2 Å². The van der Waals surface area contributed by atoms with E-state index in [0.29, 0.717) is 23.1 Å². The van der Waals surface area contributed by atoms with Crippen LogP contribution in [0.15, 0.2) is 35.1 Å². The Morgan fingerprint density at radius 3 is 2.78 bits per heavy atom. The van der Waals surface area contributed by atoms with Gasteiger partial charge in [0.15, 0.2) is 5.75 Å². The second kappa shape index (κ2) is 5.35. The molecule has 0 aliphatic heterocycles. The Bertz CT molecular complexity index is 564. The van der Waals surface area contributed by atoms with E-state index in [1.54, 1.807) is 24.4 Å². The van der Waals surface area contributed by atoms with Crippen molar-refractivity contribution in [1.29, 1.82) is 0 Å². The second-order valence-electron chi connectivity index (χ2n) is 4.16. The zero-order chi connectivity index (χ0) is 13.1. The summed E-state index contributed by atoms with van der Waals surface area (Å²) in [5, 5.41) is 4.20. The van der Waals surface area contributed by atoms with E-state index in [4.69, 9.17) is 4.74 Å². The molecule has 2 rings (SSSR count). The van der Waals surface area contributed by atoms with Gasteiger partial charge in [-0.05, 0) is 48.0 Å². The van der Waals surface area contributed by atoms with Gasteiger partial charge in [-0.15, -0.1) is 0 Å². The van der Waals surface area contributed by atoms with Crippen LogP contribution in [0.25, 0.3) is 0 Å². The molecule has 5 heteroatoms. The average Bonchev–Trinajstić information content (AvgIpc) is 2.80. The third-order valence-electron chi connectivity index (χ3n) is 2.43. The molecule has 0 amide bonds. The van der Waals surface area contributed by atoms with E-state index in [1.807, 2.05) is 24.7 Å². The van der Waals surface area contributed by atoms with E-state index in [2.05, 4.69) is 21.0 Å². The smallest absolute Gasteiger partial charge is 0.165 e. The standard InChI is InChI=1S/C13H13BrN2O2/c1-9(2)16-7-11(6-15-16)18-13-4-3-10(8-17)5-12(13)14/h3-9H,1-2H3. The monoisotopic (exact) mass is 308 g/mol. The van der Waals surface area contributed by atoms with Crippen molar-refractivity contribution in [2.75, 3.05) is 0 Å². The first-order chi connectivity index (χ1) is 8.60. The van der Waals surface area contributed by atoms with E-state index in [0.717, 1.165) is 10.8 Å². The van der Waals surface area contributed by atoms with E-state index < -0.39 is 0 Å². The molecule has 0 spiro atoms. The highest BCUT2D eigenvalue weighted by Crippen LogP contribution is 2.30. The molecule has 0 atom stereocenters. The van der Waals surface area contributed by atoms with Crippen molar-refractivity contribution in [2.45, 2.75) is 19.9 Å². The normalized spacial score (nSPS) is 10.7. The number of carbonyl (C=O) groups excluding carboxylic acids is 1. The van der Waals surface area contributed by atoms with Gasteiger partial charge in [-0.1, -0.05) is 0 Å². The molecule has 1 aromatic carbocycles. The average molecular weight is 309 g/mol. The van der Waals surface area contributed by atoms with Crippen LogP contribution in [0.4, 0.5) is 0 Å². The quantitative estimate of drug-likeness (QED) is 0.806. The van der Waals surface area contributed by atoms with Crippen molar-refractivity contribution in [2.24, 2.45) is 0 Å². The van der Waals surface area contributed by atoms with Crippen LogP contribution >= 0.6 is 15.9 Å². The molecule has 2 aromatic rings. The number of hydrogen-bond acceptors (Lipinski definition) is 3. The van der Waals surface area contributed by atoms with Gasteiger partial charge in [-0.2, -0.15) is 5.10 Å². The Balaban J connectivity index is 2.20. The minimum Gasteiger partial charge on any atom is -0.453 e. The Morgan fingerprint density at radius 1 is 1.44 bits per heavy atom. The first-order valence-corrected chi connectivity index (χ1v) is 6.36. The summed E-state index contributed by atoms with van der Waals surface area (Å²) in [7, 11) is 0. The van der Waals surface area contributed by atoms with Gasteiger partial charge in [0, 0.05) is 11.6 Å². The molecule has 0 aliphatic rings. The summed E-state index contributed by atoms with van der Waals surface area (Å²) >= 11 is 3.37. The highest BCUT2D eigenvalue weighted by Gasteiger charge is 2.07. The number of aromatic nitrogens is 2. The number of carbonyl (C=O) groups is 1. The molecule has 0 fully saturated rings. The zero-order valence-electron chi connectivity index (χ0n) is 10.1. The van der Waals surface area contributed by atoms with Gasteiger partial charge in [-0.25, -0.2) is 0 Å². The molecule has 0 bridgehead atoms.